The smallest absolute Gasteiger partial charge is 0.313 e. The number of rotatable bonds is 12. The predicted octanol–water partition coefficient (Wildman–Crippen LogP) is 4.50. The zero-order chi connectivity index (χ0) is 25.9. The van der Waals surface area contributed by atoms with Crippen LogP contribution in [0.4, 0.5) is 0 Å². The largest absolute Gasteiger partial charge is 0.462 e. The molecule has 7 heteroatoms. The molecule has 1 N–H and O–H groups in total. The Balaban J connectivity index is 1.47. The highest BCUT2D eigenvalue weighted by molar-refractivity contribution is 5.75. The first-order valence-corrected chi connectivity index (χ1v) is 12.7. The number of carbonyl (C=O) groups is 2. The van der Waals surface area contributed by atoms with Crippen molar-refractivity contribution < 1.29 is 33.6 Å². The molecule has 36 heavy (non-hydrogen) atoms. The summed E-state index contributed by atoms with van der Waals surface area (Å²) in [4.78, 5) is 24.5. The van der Waals surface area contributed by atoms with E-state index in [4.69, 9.17) is 18.9 Å². The molecule has 196 valence electrons. The van der Waals surface area contributed by atoms with Crippen LogP contribution in [0.25, 0.3) is 0 Å². The van der Waals surface area contributed by atoms with Gasteiger partial charge in [-0.25, -0.2) is 0 Å². The van der Waals surface area contributed by atoms with Crippen LogP contribution in [0, 0.1) is 11.8 Å². The number of allylic oxidation sites excluding steroid dienone is 7. The highest BCUT2D eigenvalue weighted by atomic mass is 16.6. The number of aliphatic hydroxyl groups is 1. The molecule has 3 aliphatic rings. The fraction of sp³-hybridized carbons (Fsp3) is 0.517. The fourth-order valence-corrected chi connectivity index (χ4v) is 4.29. The molecular formula is C29H38O7. The highest BCUT2D eigenvalue weighted by Gasteiger charge is 2.25. The van der Waals surface area contributed by atoms with E-state index in [0.29, 0.717) is 19.3 Å². The van der Waals surface area contributed by atoms with Crippen LogP contribution < -0.4 is 0 Å². The van der Waals surface area contributed by atoms with E-state index in [1.807, 2.05) is 74.6 Å². The van der Waals surface area contributed by atoms with Gasteiger partial charge in [0.15, 0.2) is 6.29 Å². The van der Waals surface area contributed by atoms with Gasteiger partial charge in [-0.05, 0) is 57.6 Å². The van der Waals surface area contributed by atoms with Crippen molar-refractivity contribution in [1.82, 2.24) is 0 Å². The van der Waals surface area contributed by atoms with Crippen LogP contribution in [0.15, 0.2) is 71.9 Å². The van der Waals surface area contributed by atoms with Crippen molar-refractivity contribution in [3.63, 3.8) is 0 Å². The molecule has 0 heterocycles. The van der Waals surface area contributed by atoms with Gasteiger partial charge in [0.25, 0.3) is 0 Å². The maximum absolute atomic E-state index is 12.3. The minimum Gasteiger partial charge on any atom is -0.462 e. The second-order valence-corrected chi connectivity index (χ2v) is 9.38. The summed E-state index contributed by atoms with van der Waals surface area (Å²) < 4.78 is 22.7. The molecule has 6 unspecified atom stereocenters. The Bertz CT molecular complexity index is 939. The van der Waals surface area contributed by atoms with Gasteiger partial charge in [-0.1, -0.05) is 60.8 Å². The number of aliphatic hydroxyl groups excluding tert-OH is 1. The molecule has 0 radical (unpaired) electrons. The molecule has 0 aliphatic heterocycles. The Hall–Kier alpha value is -2.74. The van der Waals surface area contributed by atoms with E-state index in [1.54, 1.807) is 6.92 Å². The van der Waals surface area contributed by atoms with E-state index >= 15 is 0 Å². The van der Waals surface area contributed by atoms with Gasteiger partial charge in [0, 0.05) is 0 Å². The molecule has 6 atom stereocenters. The van der Waals surface area contributed by atoms with Gasteiger partial charge >= 0.3 is 11.9 Å². The van der Waals surface area contributed by atoms with Gasteiger partial charge in [0.1, 0.15) is 12.7 Å². The number of hydrogen-bond donors (Lipinski definition) is 1. The third kappa shape index (κ3) is 8.43. The average molecular weight is 499 g/mol. The summed E-state index contributed by atoms with van der Waals surface area (Å²) in [6.07, 6.45) is 19.5. The van der Waals surface area contributed by atoms with Crippen LogP contribution in [-0.2, 0) is 28.5 Å². The quantitative estimate of drug-likeness (QED) is 0.313. The zero-order valence-corrected chi connectivity index (χ0v) is 21.4. The van der Waals surface area contributed by atoms with Crippen molar-refractivity contribution in [2.24, 2.45) is 11.8 Å². The second-order valence-electron chi connectivity index (χ2n) is 9.38. The van der Waals surface area contributed by atoms with Crippen LogP contribution in [0.5, 0.6) is 0 Å². The van der Waals surface area contributed by atoms with Gasteiger partial charge in [-0.2, -0.15) is 0 Å². The van der Waals surface area contributed by atoms with Crippen molar-refractivity contribution in [3.05, 3.63) is 71.9 Å². The van der Waals surface area contributed by atoms with Crippen molar-refractivity contribution in [3.8, 4) is 0 Å². The lowest BCUT2D eigenvalue weighted by Gasteiger charge is -2.27. The maximum Gasteiger partial charge on any atom is 0.313 e. The molecular weight excluding hydrogens is 460 g/mol. The molecule has 0 aromatic rings. The Morgan fingerprint density at radius 2 is 1.58 bits per heavy atom. The molecule has 7 nitrogen and oxygen atoms in total. The summed E-state index contributed by atoms with van der Waals surface area (Å²) in [5, 5.41) is 10.8. The van der Waals surface area contributed by atoms with Crippen molar-refractivity contribution in [2.45, 2.75) is 71.1 Å². The van der Waals surface area contributed by atoms with Gasteiger partial charge in [-0.15, -0.1) is 0 Å². The first-order valence-electron chi connectivity index (χ1n) is 12.7. The zero-order valence-electron chi connectivity index (χ0n) is 21.4. The summed E-state index contributed by atoms with van der Waals surface area (Å²) >= 11 is 0. The lowest BCUT2D eigenvalue weighted by atomic mass is 9.93. The van der Waals surface area contributed by atoms with Crippen molar-refractivity contribution in [1.29, 1.82) is 0 Å². The molecule has 0 amide bonds. The third-order valence-corrected chi connectivity index (χ3v) is 6.25. The Morgan fingerprint density at radius 1 is 0.917 bits per heavy atom. The number of carbonyl (C=O) groups excluding carboxylic acids is 2. The minimum absolute atomic E-state index is 0.0755. The van der Waals surface area contributed by atoms with Crippen LogP contribution in [-0.4, -0.2) is 54.9 Å². The van der Waals surface area contributed by atoms with Gasteiger partial charge < -0.3 is 24.1 Å². The lowest BCUT2D eigenvalue weighted by Crippen LogP contribution is -2.30. The molecule has 0 saturated carbocycles. The SMILES string of the molecule is CC(COC(O)C1=C(C(C)OC(C)COC(=O)C2C=CC=CC2)C=CCC1)OC(=O)C1C=CC=CC1. The fourth-order valence-electron chi connectivity index (χ4n) is 4.29. The molecule has 0 bridgehead atoms. The molecule has 0 aromatic heterocycles. The van der Waals surface area contributed by atoms with E-state index in [9.17, 15) is 14.7 Å². The Morgan fingerprint density at radius 3 is 2.22 bits per heavy atom. The highest BCUT2D eigenvalue weighted by Crippen LogP contribution is 2.27. The summed E-state index contributed by atoms with van der Waals surface area (Å²) in [7, 11) is 0. The number of ether oxygens (including phenoxy) is 4. The van der Waals surface area contributed by atoms with Gasteiger partial charge in [0.2, 0.25) is 0 Å². The van der Waals surface area contributed by atoms with Gasteiger partial charge in [-0.3, -0.25) is 9.59 Å². The Labute approximate surface area is 213 Å². The van der Waals surface area contributed by atoms with Crippen molar-refractivity contribution >= 4 is 11.9 Å². The molecule has 0 spiro atoms. The summed E-state index contributed by atoms with van der Waals surface area (Å²) in [6.45, 7) is 5.73. The van der Waals surface area contributed by atoms with Crippen LogP contribution in [0.1, 0.15) is 46.5 Å². The molecule has 3 aliphatic carbocycles. The predicted molar refractivity (Wildman–Crippen MR) is 137 cm³/mol. The lowest BCUT2D eigenvalue weighted by molar-refractivity contribution is -0.160. The molecule has 3 rings (SSSR count). The maximum atomic E-state index is 12.3. The van der Waals surface area contributed by atoms with E-state index in [1.165, 1.54) is 0 Å². The van der Waals surface area contributed by atoms with E-state index < -0.39 is 12.4 Å². The average Bonchev–Trinajstić information content (AvgIpc) is 2.91. The van der Waals surface area contributed by atoms with Gasteiger partial charge in [0.05, 0.1) is 30.7 Å². The molecule has 0 saturated heterocycles. The van der Waals surface area contributed by atoms with E-state index in [2.05, 4.69) is 0 Å². The monoisotopic (exact) mass is 498 g/mol. The summed E-state index contributed by atoms with van der Waals surface area (Å²) in [5.74, 6) is -1.09. The van der Waals surface area contributed by atoms with Crippen molar-refractivity contribution in [2.75, 3.05) is 13.2 Å². The van der Waals surface area contributed by atoms with E-state index in [0.717, 1.165) is 17.6 Å². The summed E-state index contributed by atoms with van der Waals surface area (Å²) in [6, 6.07) is 0. The normalized spacial score (nSPS) is 24.3. The van der Waals surface area contributed by atoms with E-state index in [-0.39, 0.29) is 49.2 Å². The molecule has 0 aromatic carbocycles. The first-order chi connectivity index (χ1) is 17.3. The van der Waals surface area contributed by atoms with Crippen LogP contribution >= 0.6 is 0 Å². The Kier molecular flexibility index (Phi) is 10.9. The number of esters is 2. The standard InChI is InChI=1S/C29H38O7/c1-20(18-33-27(30)23-12-6-4-7-13-23)35-22(3)25-16-10-11-17-26(25)29(32)34-19-21(2)36-28(31)24-14-8-5-9-15-24/h4-10,12,14,16,20-24,29,32H,11,13,15,17-19H2,1-3H3. The van der Waals surface area contributed by atoms with Crippen LogP contribution in [0.3, 0.4) is 0 Å². The minimum atomic E-state index is -1.13. The molecule has 0 fully saturated rings. The van der Waals surface area contributed by atoms with Crippen LogP contribution in [0.2, 0.25) is 0 Å². The number of hydrogen-bond acceptors (Lipinski definition) is 7. The topological polar surface area (TPSA) is 91.3 Å². The summed E-state index contributed by atoms with van der Waals surface area (Å²) in [5.41, 5.74) is 1.59. The second kappa shape index (κ2) is 14.1. The first kappa shape index (κ1) is 27.8. The third-order valence-electron chi connectivity index (χ3n) is 6.25.